The first-order valence-electron chi connectivity index (χ1n) is 16.8. The Morgan fingerprint density at radius 3 is 2.06 bits per heavy atom. The van der Waals surface area contributed by atoms with Crippen LogP contribution >= 0.6 is 0 Å². The molecule has 4 aromatic rings. The van der Waals surface area contributed by atoms with Crippen molar-refractivity contribution in [2.24, 2.45) is 11.5 Å². The second-order valence-electron chi connectivity index (χ2n) is 11.4. The van der Waals surface area contributed by atoms with Crippen LogP contribution in [0.4, 0.5) is 10.5 Å². The molecule has 272 valence electrons. The Kier molecular flexibility index (Phi) is 16.5. The van der Waals surface area contributed by atoms with Gasteiger partial charge in [0.2, 0.25) is 11.8 Å². The van der Waals surface area contributed by atoms with Crippen LogP contribution in [0.3, 0.4) is 0 Å². The molecule has 2 atom stereocenters. The first kappa shape index (κ1) is 38.6. The van der Waals surface area contributed by atoms with E-state index in [4.69, 9.17) is 30.4 Å². The fourth-order valence-corrected chi connectivity index (χ4v) is 4.63. The number of para-hydroxylation sites is 1. The molecule has 1 aromatic heterocycles. The van der Waals surface area contributed by atoms with E-state index in [1.165, 1.54) is 0 Å². The van der Waals surface area contributed by atoms with Gasteiger partial charge in [-0.05, 0) is 42.7 Å². The van der Waals surface area contributed by atoms with E-state index in [1.54, 1.807) is 41.1 Å². The third kappa shape index (κ3) is 14.7. The van der Waals surface area contributed by atoms with Crippen LogP contribution in [-0.4, -0.2) is 97.7 Å². The van der Waals surface area contributed by atoms with Gasteiger partial charge in [0.15, 0.2) is 0 Å². The maximum absolute atomic E-state index is 12.4. The lowest BCUT2D eigenvalue weighted by Gasteiger charge is -2.14. The highest BCUT2D eigenvalue weighted by atomic mass is 16.6. The maximum Gasteiger partial charge on any atom is 0.412 e. The molecule has 0 unspecified atom stereocenters. The standard InChI is InChI=1S/C36H46N8O7/c37-31(15-16-40-36(47)51-30-13-11-27(12-14-30)25-32(38)35(46)41-29-9-5-2-6-10-29)34(45)39-17-19-48-21-23-50-24-22-49-20-18-44-26-33(42-43-44)28-7-3-1-4-8-28/h1-14,26,31-32H,15-25,37-38H2,(H,39,45)(H,40,47)(H,41,46)/t31-,32-/m0/s1. The summed E-state index contributed by atoms with van der Waals surface area (Å²) in [6, 6.07) is 24.1. The van der Waals surface area contributed by atoms with Crippen LogP contribution in [0.2, 0.25) is 0 Å². The summed E-state index contributed by atoms with van der Waals surface area (Å²) in [6.07, 6.45) is 1.74. The molecule has 0 aliphatic heterocycles. The Bertz CT molecular complexity index is 1610. The molecule has 3 aromatic carbocycles. The molecule has 0 spiro atoms. The molecule has 7 N–H and O–H groups in total. The predicted molar refractivity (Wildman–Crippen MR) is 191 cm³/mol. The number of carbonyl (C=O) groups is 3. The highest BCUT2D eigenvalue weighted by Gasteiger charge is 2.16. The van der Waals surface area contributed by atoms with E-state index in [0.29, 0.717) is 64.0 Å². The molecule has 0 bridgehead atoms. The second-order valence-corrected chi connectivity index (χ2v) is 11.4. The SMILES string of the molecule is N[C@@H](CCNC(=O)Oc1ccc(C[C@H](N)C(=O)Nc2ccccc2)cc1)C(=O)NCCOCCOCCOCCn1cc(-c2ccccc2)nn1. The Morgan fingerprint density at radius 1 is 0.706 bits per heavy atom. The molecule has 0 saturated heterocycles. The number of nitrogens with two attached hydrogens (primary N) is 2. The molecule has 0 fully saturated rings. The zero-order valence-electron chi connectivity index (χ0n) is 28.4. The number of hydrogen-bond acceptors (Lipinski definition) is 11. The van der Waals surface area contributed by atoms with Crippen LogP contribution in [0, 0.1) is 0 Å². The number of nitrogens with zero attached hydrogens (tertiary/aromatic N) is 3. The highest BCUT2D eigenvalue weighted by Crippen LogP contribution is 2.15. The minimum atomic E-state index is -0.813. The molecular formula is C36H46N8O7. The average molecular weight is 703 g/mol. The molecule has 15 nitrogen and oxygen atoms in total. The van der Waals surface area contributed by atoms with Gasteiger partial charge in [0.1, 0.15) is 11.4 Å². The molecule has 1 heterocycles. The summed E-state index contributed by atoms with van der Waals surface area (Å²) < 4.78 is 23.6. The van der Waals surface area contributed by atoms with Crippen molar-refractivity contribution in [3.8, 4) is 17.0 Å². The van der Waals surface area contributed by atoms with Gasteiger partial charge in [0, 0.05) is 24.3 Å². The lowest BCUT2D eigenvalue weighted by molar-refractivity contribution is -0.122. The lowest BCUT2D eigenvalue weighted by atomic mass is 10.1. The van der Waals surface area contributed by atoms with Crippen LogP contribution in [-0.2, 0) is 36.8 Å². The molecule has 51 heavy (non-hydrogen) atoms. The fourth-order valence-electron chi connectivity index (χ4n) is 4.63. The van der Waals surface area contributed by atoms with Crippen LogP contribution < -0.4 is 32.2 Å². The smallest absolute Gasteiger partial charge is 0.410 e. The van der Waals surface area contributed by atoms with Gasteiger partial charge < -0.3 is 46.4 Å². The van der Waals surface area contributed by atoms with Gasteiger partial charge >= 0.3 is 6.09 Å². The first-order chi connectivity index (χ1) is 24.9. The van der Waals surface area contributed by atoms with E-state index in [2.05, 4.69) is 26.3 Å². The zero-order chi connectivity index (χ0) is 36.1. The van der Waals surface area contributed by atoms with Crippen molar-refractivity contribution in [1.29, 1.82) is 0 Å². The van der Waals surface area contributed by atoms with Crippen LogP contribution in [0.5, 0.6) is 5.75 Å². The van der Waals surface area contributed by atoms with Gasteiger partial charge in [0.25, 0.3) is 0 Å². The summed E-state index contributed by atoms with van der Waals surface area (Å²) >= 11 is 0. The van der Waals surface area contributed by atoms with Gasteiger partial charge in [-0.2, -0.15) is 0 Å². The third-order valence-electron chi connectivity index (χ3n) is 7.39. The summed E-state index contributed by atoms with van der Waals surface area (Å²) in [4.78, 5) is 36.8. The molecule has 0 aliphatic rings. The fraction of sp³-hybridized carbons (Fsp3) is 0.361. The van der Waals surface area contributed by atoms with Crippen molar-refractivity contribution in [1.82, 2.24) is 25.6 Å². The number of nitrogens with one attached hydrogen (secondary N) is 3. The molecule has 0 saturated carbocycles. The average Bonchev–Trinajstić information content (AvgIpc) is 3.62. The largest absolute Gasteiger partial charge is 0.412 e. The summed E-state index contributed by atoms with van der Waals surface area (Å²) in [6.45, 7) is 3.47. The Balaban J connectivity index is 0.949. The molecule has 4 rings (SSSR count). The van der Waals surface area contributed by atoms with Crippen molar-refractivity contribution in [2.75, 3.05) is 58.0 Å². The van der Waals surface area contributed by atoms with E-state index in [9.17, 15) is 14.4 Å². The molecule has 0 aliphatic carbocycles. The predicted octanol–water partition coefficient (Wildman–Crippen LogP) is 2.13. The lowest BCUT2D eigenvalue weighted by Crippen LogP contribution is -2.44. The third-order valence-corrected chi connectivity index (χ3v) is 7.39. The minimum absolute atomic E-state index is 0.143. The molecule has 3 amide bonds. The zero-order valence-corrected chi connectivity index (χ0v) is 28.4. The number of ether oxygens (including phenoxy) is 4. The number of hydrogen-bond donors (Lipinski definition) is 5. The number of aromatic nitrogens is 3. The number of benzene rings is 3. The minimum Gasteiger partial charge on any atom is -0.410 e. The van der Waals surface area contributed by atoms with E-state index in [1.807, 2.05) is 54.7 Å². The van der Waals surface area contributed by atoms with Crippen molar-refractivity contribution < 1.29 is 33.3 Å². The Hall–Kier alpha value is -5.19. The van der Waals surface area contributed by atoms with Gasteiger partial charge in [0.05, 0.1) is 64.5 Å². The highest BCUT2D eigenvalue weighted by molar-refractivity contribution is 5.94. The van der Waals surface area contributed by atoms with Crippen molar-refractivity contribution in [3.05, 3.63) is 96.7 Å². The Morgan fingerprint density at radius 2 is 1.35 bits per heavy atom. The van der Waals surface area contributed by atoms with E-state index in [-0.39, 0.29) is 31.3 Å². The number of rotatable bonds is 22. The van der Waals surface area contributed by atoms with Crippen molar-refractivity contribution in [3.63, 3.8) is 0 Å². The normalized spacial score (nSPS) is 12.1. The maximum atomic E-state index is 12.4. The van der Waals surface area contributed by atoms with E-state index >= 15 is 0 Å². The van der Waals surface area contributed by atoms with Gasteiger partial charge in [-0.15, -0.1) is 5.10 Å². The summed E-state index contributed by atoms with van der Waals surface area (Å²) in [7, 11) is 0. The van der Waals surface area contributed by atoms with Gasteiger partial charge in [-0.3, -0.25) is 9.59 Å². The monoisotopic (exact) mass is 702 g/mol. The number of carbonyl (C=O) groups excluding carboxylic acids is 3. The van der Waals surface area contributed by atoms with Crippen molar-refractivity contribution in [2.45, 2.75) is 31.5 Å². The van der Waals surface area contributed by atoms with E-state index in [0.717, 1.165) is 16.8 Å². The first-order valence-corrected chi connectivity index (χ1v) is 16.8. The van der Waals surface area contributed by atoms with Crippen LogP contribution in [0.1, 0.15) is 12.0 Å². The summed E-state index contributed by atoms with van der Waals surface area (Å²) in [5.74, 6) is -0.331. The van der Waals surface area contributed by atoms with Gasteiger partial charge in [-0.1, -0.05) is 65.9 Å². The topological polar surface area (TPSA) is 207 Å². The van der Waals surface area contributed by atoms with Crippen LogP contribution in [0.15, 0.2) is 91.1 Å². The van der Waals surface area contributed by atoms with Crippen LogP contribution in [0.25, 0.3) is 11.3 Å². The summed E-state index contributed by atoms with van der Waals surface area (Å²) in [5.41, 5.74) is 15.3. The van der Waals surface area contributed by atoms with Gasteiger partial charge in [-0.25, -0.2) is 9.48 Å². The Labute approximate surface area is 297 Å². The second kappa shape index (κ2) is 21.8. The molecular weight excluding hydrogens is 656 g/mol. The number of anilines is 1. The van der Waals surface area contributed by atoms with Crippen molar-refractivity contribution >= 4 is 23.6 Å². The molecule has 0 radical (unpaired) electrons. The molecule has 15 heteroatoms. The van der Waals surface area contributed by atoms with E-state index < -0.39 is 18.2 Å². The quantitative estimate of drug-likeness (QED) is 0.0750. The summed E-state index contributed by atoms with van der Waals surface area (Å²) in [5, 5.41) is 16.4. The number of amides is 3.